The van der Waals surface area contributed by atoms with Gasteiger partial charge in [-0.1, -0.05) is 32.9 Å². The lowest BCUT2D eigenvalue weighted by atomic mass is 9.87. The van der Waals surface area contributed by atoms with Gasteiger partial charge in [0.05, 0.1) is 0 Å². The molecule has 1 fully saturated rings. The monoisotopic (exact) mass is 379 g/mol. The number of likely N-dealkylation sites (N-methyl/N-ethyl adjacent to an activating group) is 1. The molecule has 1 heterocycles. The molecule has 1 saturated carbocycles. The molecule has 0 atom stereocenters. The molecular weight excluding hydrogens is 350 g/mol. The van der Waals surface area contributed by atoms with E-state index in [9.17, 15) is 9.59 Å². The number of carbonyl (C=O) groups excluding carboxylic acids is 2. The number of aromatic nitrogens is 1. The minimum atomic E-state index is -0.907. The van der Waals surface area contributed by atoms with E-state index >= 15 is 0 Å². The van der Waals surface area contributed by atoms with Gasteiger partial charge in [0.1, 0.15) is 5.41 Å². The molecule has 148 valence electrons. The lowest BCUT2D eigenvalue weighted by molar-refractivity contribution is -0.141. The lowest BCUT2D eigenvalue weighted by Gasteiger charge is -2.23. The van der Waals surface area contributed by atoms with Crippen LogP contribution in [0, 0.1) is 5.41 Å². The van der Waals surface area contributed by atoms with Gasteiger partial charge in [-0.2, -0.15) is 0 Å². The van der Waals surface area contributed by atoms with E-state index in [1.807, 2.05) is 36.4 Å². The number of hydrogen-bond donors (Lipinski definition) is 1. The van der Waals surface area contributed by atoms with E-state index in [1.54, 1.807) is 24.3 Å². The number of nitrogens with one attached hydrogen (secondary N) is 1. The summed E-state index contributed by atoms with van der Waals surface area (Å²) in [6, 6.07) is 11.8. The summed E-state index contributed by atoms with van der Waals surface area (Å²) in [5.41, 5.74) is 2.22. The van der Waals surface area contributed by atoms with Crippen molar-refractivity contribution in [3.8, 4) is 0 Å². The van der Waals surface area contributed by atoms with Crippen molar-refractivity contribution in [2.45, 2.75) is 45.4 Å². The van der Waals surface area contributed by atoms with Crippen LogP contribution in [0.3, 0.4) is 0 Å². The lowest BCUT2D eigenvalue weighted by Crippen LogP contribution is -2.41. The number of benzene rings is 1. The van der Waals surface area contributed by atoms with Crippen molar-refractivity contribution in [1.82, 2.24) is 9.88 Å². The van der Waals surface area contributed by atoms with Gasteiger partial charge in [-0.05, 0) is 60.1 Å². The number of rotatable bonds is 6. The molecular formula is C23H29N3O2. The third-order valence-electron chi connectivity index (χ3n) is 5.43. The van der Waals surface area contributed by atoms with E-state index in [0.717, 1.165) is 17.7 Å². The molecule has 5 nitrogen and oxygen atoms in total. The zero-order valence-electron chi connectivity index (χ0n) is 17.2. The molecule has 2 aromatic rings. The second-order valence-electron chi connectivity index (χ2n) is 8.70. The summed E-state index contributed by atoms with van der Waals surface area (Å²) in [7, 11) is 1.77. The Hall–Kier alpha value is -2.69. The first kappa shape index (κ1) is 20.1. The predicted octanol–water partition coefficient (Wildman–Crippen LogP) is 3.80. The Kier molecular flexibility index (Phi) is 5.54. The van der Waals surface area contributed by atoms with Crippen LogP contribution in [-0.2, 0) is 21.4 Å². The van der Waals surface area contributed by atoms with Crippen molar-refractivity contribution in [2.24, 2.45) is 5.41 Å². The molecule has 2 amide bonds. The Morgan fingerprint density at radius 2 is 1.68 bits per heavy atom. The van der Waals surface area contributed by atoms with Crippen LogP contribution >= 0.6 is 0 Å². The van der Waals surface area contributed by atoms with Crippen molar-refractivity contribution >= 4 is 17.5 Å². The van der Waals surface area contributed by atoms with Gasteiger partial charge in [0.15, 0.2) is 0 Å². The number of pyridine rings is 1. The zero-order valence-corrected chi connectivity index (χ0v) is 17.2. The van der Waals surface area contributed by atoms with Gasteiger partial charge < -0.3 is 10.2 Å². The topological polar surface area (TPSA) is 62.3 Å². The van der Waals surface area contributed by atoms with Gasteiger partial charge in [0.2, 0.25) is 11.8 Å². The normalized spacial score (nSPS) is 15.0. The van der Waals surface area contributed by atoms with Crippen LogP contribution in [0.25, 0.3) is 0 Å². The Morgan fingerprint density at radius 1 is 1.07 bits per heavy atom. The number of nitrogens with zero attached hydrogens (tertiary/aromatic N) is 2. The Labute approximate surface area is 167 Å². The first-order valence-corrected chi connectivity index (χ1v) is 9.79. The summed E-state index contributed by atoms with van der Waals surface area (Å²) in [5.74, 6) is -0.290. The maximum atomic E-state index is 12.9. The van der Waals surface area contributed by atoms with Crippen molar-refractivity contribution in [2.75, 3.05) is 18.9 Å². The average molecular weight is 380 g/mol. The predicted molar refractivity (Wildman–Crippen MR) is 111 cm³/mol. The molecule has 0 unspecified atom stereocenters. The minimum absolute atomic E-state index is 0.0632. The maximum Gasteiger partial charge on any atom is 0.240 e. The largest absolute Gasteiger partial charge is 0.344 e. The Balaban J connectivity index is 1.60. The van der Waals surface area contributed by atoms with Crippen molar-refractivity contribution in [3.63, 3.8) is 0 Å². The van der Waals surface area contributed by atoms with Crippen LogP contribution in [0.1, 0.15) is 44.7 Å². The van der Waals surface area contributed by atoms with Gasteiger partial charge in [-0.25, -0.2) is 0 Å². The summed E-state index contributed by atoms with van der Waals surface area (Å²) < 4.78 is 0. The highest BCUT2D eigenvalue weighted by atomic mass is 16.2. The van der Waals surface area contributed by atoms with Crippen molar-refractivity contribution in [3.05, 3.63) is 59.9 Å². The third kappa shape index (κ3) is 4.41. The molecule has 1 aromatic carbocycles. The molecule has 0 saturated heterocycles. The molecule has 3 rings (SSSR count). The van der Waals surface area contributed by atoms with Gasteiger partial charge >= 0.3 is 0 Å². The average Bonchev–Trinajstić information content (AvgIpc) is 3.48. The number of hydrogen-bond acceptors (Lipinski definition) is 3. The Morgan fingerprint density at radius 3 is 2.21 bits per heavy atom. The molecule has 28 heavy (non-hydrogen) atoms. The third-order valence-corrected chi connectivity index (χ3v) is 5.43. The van der Waals surface area contributed by atoms with E-state index in [0.29, 0.717) is 19.4 Å². The first-order valence-electron chi connectivity index (χ1n) is 9.79. The summed E-state index contributed by atoms with van der Waals surface area (Å²) in [6.07, 6.45) is 5.46. The summed E-state index contributed by atoms with van der Waals surface area (Å²) in [4.78, 5) is 31.4. The summed E-state index contributed by atoms with van der Waals surface area (Å²) in [5, 5.41) is 2.94. The van der Waals surface area contributed by atoms with Crippen molar-refractivity contribution in [1.29, 1.82) is 0 Å². The van der Waals surface area contributed by atoms with E-state index in [4.69, 9.17) is 0 Å². The van der Waals surface area contributed by atoms with Crippen LogP contribution in [0.4, 0.5) is 5.69 Å². The first-order chi connectivity index (χ1) is 13.2. The van der Waals surface area contributed by atoms with Gasteiger partial charge in [-0.3, -0.25) is 14.6 Å². The molecule has 1 aromatic heterocycles. The molecule has 0 bridgehead atoms. The standard InChI is InChI=1S/C23H29N3O2/c1-22(2,3)18-5-7-19(8-6-18)25-20(27)23(12-13-23)21(28)26(4)16-11-17-9-14-24-15-10-17/h5-10,14-15H,11-13,16H2,1-4H3,(H,25,27). The van der Waals surface area contributed by atoms with Crippen LogP contribution in [0.2, 0.25) is 0 Å². The van der Waals surface area contributed by atoms with E-state index < -0.39 is 5.41 Å². The molecule has 1 N–H and O–H groups in total. The van der Waals surface area contributed by atoms with Crippen molar-refractivity contribution < 1.29 is 9.59 Å². The van der Waals surface area contributed by atoms with Crippen LogP contribution < -0.4 is 5.32 Å². The highest BCUT2D eigenvalue weighted by Gasteiger charge is 2.57. The molecule has 0 spiro atoms. The molecule has 1 aliphatic carbocycles. The number of amides is 2. The fourth-order valence-electron chi connectivity index (χ4n) is 3.28. The molecule has 0 aliphatic heterocycles. The highest BCUT2D eigenvalue weighted by molar-refractivity contribution is 6.12. The van der Waals surface area contributed by atoms with Crippen LogP contribution in [0.15, 0.2) is 48.8 Å². The molecule has 0 radical (unpaired) electrons. The fraction of sp³-hybridized carbons (Fsp3) is 0.435. The van der Waals surface area contributed by atoms with E-state index in [2.05, 4.69) is 31.1 Å². The minimum Gasteiger partial charge on any atom is -0.344 e. The second kappa shape index (κ2) is 7.74. The fourth-order valence-corrected chi connectivity index (χ4v) is 3.28. The smallest absolute Gasteiger partial charge is 0.240 e. The van der Waals surface area contributed by atoms with Gasteiger partial charge in [0, 0.05) is 31.7 Å². The number of anilines is 1. The molecule has 1 aliphatic rings. The van der Waals surface area contributed by atoms with Gasteiger partial charge in [-0.15, -0.1) is 0 Å². The maximum absolute atomic E-state index is 12.9. The van der Waals surface area contributed by atoms with Gasteiger partial charge in [0.25, 0.3) is 0 Å². The van der Waals surface area contributed by atoms with Crippen LogP contribution in [-0.4, -0.2) is 35.3 Å². The quantitative estimate of drug-likeness (QED) is 0.777. The Bertz CT molecular complexity index is 834. The second-order valence-corrected chi connectivity index (χ2v) is 8.70. The molecule has 5 heteroatoms. The number of carbonyl (C=O) groups is 2. The highest BCUT2D eigenvalue weighted by Crippen LogP contribution is 2.48. The van der Waals surface area contributed by atoms with E-state index in [1.165, 1.54) is 5.56 Å². The summed E-state index contributed by atoms with van der Waals surface area (Å²) in [6.45, 7) is 7.04. The van der Waals surface area contributed by atoms with Crippen LogP contribution in [0.5, 0.6) is 0 Å². The SMILES string of the molecule is CN(CCc1ccncc1)C(=O)C1(C(=O)Nc2ccc(C(C)(C)C)cc2)CC1. The summed E-state index contributed by atoms with van der Waals surface area (Å²) >= 11 is 0. The van der Waals surface area contributed by atoms with E-state index in [-0.39, 0.29) is 17.2 Å². The zero-order chi connectivity index (χ0) is 20.4.